The second kappa shape index (κ2) is 8.77. The van der Waals surface area contributed by atoms with Crippen LogP contribution in [0.25, 0.3) is 0 Å². The lowest BCUT2D eigenvalue weighted by molar-refractivity contribution is 0.0600. The normalized spacial score (nSPS) is 10.2. The van der Waals surface area contributed by atoms with Gasteiger partial charge in [-0.15, -0.1) is 0 Å². The van der Waals surface area contributed by atoms with Crippen LogP contribution >= 0.6 is 0 Å². The fourth-order valence-electron chi connectivity index (χ4n) is 2.51. The van der Waals surface area contributed by atoms with E-state index in [0.717, 1.165) is 0 Å². The highest BCUT2D eigenvalue weighted by Gasteiger charge is 2.10. The maximum atomic E-state index is 13.7. The molecule has 0 saturated carbocycles. The van der Waals surface area contributed by atoms with Gasteiger partial charge in [-0.25, -0.2) is 9.18 Å². The SMILES string of the molecule is COC(=O)c1ccc(NC(=O)c2cc(NCc3ccccc3F)ccn2)cc1. The lowest BCUT2D eigenvalue weighted by Crippen LogP contribution is -2.14. The Bertz CT molecular complexity index is 990. The Hall–Kier alpha value is -3.74. The molecule has 1 heterocycles. The highest BCUT2D eigenvalue weighted by Crippen LogP contribution is 2.15. The first-order chi connectivity index (χ1) is 13.6. The fraction of sp³-hybridized carbons (Fsp3) is 0.0952. The van der Waals surface area contributed by atoms with E-state index in [-0.39, 0.29) is 18.1 Å². The molecule has 2 aromatic carbocycles. The molecule has 0 bridgehead atoms. The third-order valence-electron chi connectivity index (χ3n) is 4.00. The summed E-state index contributed by atoms with van der Waals surface area (Å²) in [4.78, 5) is 27.9. The molecule has 0 unspecified atom stereocenters. The van der Waals surface area contributed by atoms with E-state index >= 15 is 0 Å². The minimum Gasteiger partial charge on any atom is -0.465 e. The zero-order chi connectivity index (χ0) is 19.9. The van der Waals surface area contributed by atoms with E-state index in [2.05, 4.69) is 20.4 Å². The van der Waals surface area contributed by atoms with E-state index in [9.17, 15) is 14.0 Å². The molecule has 3 aromatic rings. The molecule has 1 aromatic heterocycles. The van der Waals surface area contributed by atoms with Crippen LogP contribution in [0.5, 0.6) is 0 Å². The Morgan fingerprint density at radius 3 is 2.50 bits per heavy atom. The summed E-state index contributed by atoms with van der Waals surface area (Å²) in [6.45, 7) is 0.284. The highest BCUT2D eigenvalue weighted by molar-refractivity contribution is 6.03. The summed E-state index contributed by atoms with van der Waals surface area (Å²) in [5.41, 5.74) is 2.28. The number of benzene rings is 2. The van der Waals surface area contributed by atoms with Gasteiger partial charge in [-0.2, -0.15) is 0 Å². The summed E-state index contributed by atoms with van der Waals surface area (Å²) >= 11 is 0. The van der Waals surface area contributed by atoms with Gasteiger partial charge in [0.1, 0.15) is 11.5 Å². The van der Waals surface area contributed by atoms with Gasteiger partial charge in [0.15, 0.2) is 0 Å². The van der Waals surface area contributed by atoms with Crippen molar-refractivity contribution in [3.63, 3.8) is 0 Å². The van der Waals surface area contributed by atoms with Crippen LogP contribution in [-0.2, 0) is 11.3 Å². The number of ether oxygens (including phenoxy) is 1. The molecule has 2 N–H and O–H groups in total. The summed E-state index contributed by atoms with van der Waals surface area (Å²) in [7, 11) is 1.30. The summed E-state index contributed by atoms with van der Waals surface area (Å²) in [6, 6.07) is 16.1. The molecule has 7 heteroatoms. The molecule has 0 aliphatic rings. The third-order valence-corrected chi connectivity index (χ3v) is 4.00. The van der Waals surface area contributed by atoms with Gasteiger partial charge in [0, 0.05) is 29.7 Å². The number of carbonyl (C=O) groups excluding carboxylic acids is 2. The van der Waals surface area contributed by atoms with Crippen LogP contribution in [0.4, 0.5) is 15.8 Å². The van der Waals surface area contributed by atoms with Gasteiger partial charge in [0.2, 0.25) is 0 Å². The Morgan fingerprint density at radius 2 is 1.79 bits per heavy atom. The van der Waals surface area contributed by atoms with Gasteiger partial charge in [-0.1, -0.05) is 18.2 Å². The van der Waals surface area contributed by atoms with E-state index in [1.807, 2.05) is 0 Å². The zero-order valence-electron chi connectivity index (χ0n) is 15.1. The second-order valence-corrected chi connectivity index (χ2v) is 5.90. The molecule has 28 heavy (non-hydrogen) atoms. The summed E-state index contributed by atoms with van der Waals surface area (Å²) in [5, 5.41) is 5.79. The van der Waals surface area contributed by atoms with Crippen molar-refractivity contribution >= 4 is 23.3 Å². The van der Waals surface area contributed by atoms with Crippen LogP contribution in [0.1, 0.15) is 26.4 Å². The van der Waals surface area contributed by atoms with Gasteiger partial charge < -0.3 is 15.4 Å². The number of amides is 1. The molecule has 0 saturated heterocycles. The maximum Gasteiger partial charge on any atom is 0.337 e. The third kappa shape index (κ3) is 4.70. The molecule has 1 amide bonds. The number of nitrogens with zero attached hydrogens (tertiary/aromatic N) is 1. The van der Waals surface area contributed by atoms with Crippen LogP contribution < -0.4 is 10.6 Å². The molecule has 3 rings (SSSR count). The number of carbonyl (C=O) groups is 2. The van der Waals surface area contributed by atoms with Crippen LogP contribution in [0.3, 0.4) is 0 Å². The van der Waals surface area contributed by atoms with Crippen molar-refractivity contribution in [3.05, 3.63) is 89.5 Å². The smallest absolute Gasteiger partial charge is 0.337 e. The topological polar surface area (TPSA) is 80.3 Å². The van der Waals surface area contributed by atoms with E-state index < -0.39 is 11.9 Å². The number of pyridine rings is 1. The molecule has 0 spiro atoms. The Labute approximate surface area is 161 Å². The molecule has 0 atom stereocenters. The van der Waals surface area contributed by atoms with Crippen molar-refractivity contribution in [3.8, 4) is 0 Å². The lowest BCUT2D eigenvalue weighted by atomic mass is 10.2. The number of nitrogens with one attached hydrogen (secondary N) is 2. The van der Waals surface area contributed by atoms with Gasteiger partial charge in [0.25, 0.3) is 5.91 Å². The standard InChI is InChI=1S/C21H18FN3O3/c1-28-21(27)14-6-8-16(9-7-14)25-20(26)19-12-17(10-11-23-19)24-13-15-4-2-3-5-18(15)22/h2-12H,13H2,1H3,(H,23,24)(H,25,26). The number of hydrogen-bond acceptors (Lipinski definition) is 5. The summed E-state index contributed by atoms with van der Waals surface area (Å²) < 4.78 is 18.3. The average molecular weight is 379 g/mol. The van der Waals surface area contributed by atoms with E-state index in [1.54, 1.807) is 54.6 Å². The van der Waals surface area contributed by atoms with E-state index in [4.69, 9.17) is 0 Å². The number of rotatable bonds is 6. The molecule has 0 fully saturated rings. The molecule has 0 radical (unpaired) electrons. The number of methoxy groups -OCH3 is 1. The predicted octanol–water partition coefficient (Wildman–Crippen LogP) is 3.87. The lowest BCUT2D eigenvalue weighted by Gasteiger charge is -2.09. The van der Waals surface area contributed by atoms with Gasteiger partial charge in [0.05, 0.1) is 12.7 Å². The summed E-state index contributed by atoms with van der Waals surface area (Å²) in [6.07, 6.45) is 1.50. The summed E-state index contributed by atoms with van der Waals surface area (Å²) in [5.74, 6) is -1.15. The zero-order valence-corrected chi connectivity index (χ0v) is 15.1. The van der Waals surface area contributed by atoms with Crippen molar-refractivity contribution in [2.75, 3.05) is 17.7 Å². The molecular formula is C21H18FN3O3. The number of halogens is 1. The van der Waals surface area contributed by atoms with Crippen LogP contribution in [0, 0.1) is 5.82 Å². The van der Waals surface area contributed by atoms with Crippen LogP contribution in [0.15, 0.2) is 66.9 Å². The molecule has 142 valence electrons. The van der Waals surface area contributed by atoms with Crippen LogP contribution in [0.2, 0.25) is 0 Å². The number of esters is 1. The first-order valence-electron chi connectivity index (χ1n) is 8.50. The maximum absolute atomic E-state index is 13.7. The van der Waals surface area contributed by atoms with Crippen molar-refractivity contribution in [2.24, 2.45) is 0 Å². The number of anilines is 2. The first kappa shape index (κ1) is 19.0. The second-order valence-electron chi connectivity index (χ2n) is 5.90. The van der Waals surface area contributed by atoms with E-state index in [0.29, 0.717) is 22.5 Å². The fourth-order valence-corrected chi connectivity index (χ4v) is 2.51. The first-order valence-corrected chi connectivity index (χ1v) is 8.50. The largest absolute Gasteiger partial charge is 0.465 e. The average Bonchev–Trinajstić information content (AvgIpc) is 2.73. The van der Waals surface area contributed by atoms with Crippen LogP contribution in [-0.4, -0.2) is 24.0 Å². The molecular weight excluding hydrogens is 361 g/mol. The van der Waals surface area contributed by atoms with Crippen molar-refractivity contribution < 1.29 is 18.7 Å². The van der Waals surface area contributed by atoms with Crippen molar-refractivity contribution in [1.82, 2.24) is 4.98 Å². The van der Waals surface area contributed by atoms with E-state index in [1.165, 1.54) is 19.4 Å². The van der Waals surface area contributed by atoms with Crippen molar-refractivity contribution in [1.29, 1.82) is 0 Å². The quantitative estimate of drug-likeness (QED) is 0.636. The van der Waals surface area contributed by atoms with Gasteiger partial charge >= 0.3 is 5.97 Å². The Morgan fingerprint density at radius 1 is 1.04 bits per heavy atom. The number of hydrogen-bond donors (Lipinski definition) is 2. The predicted molar refractivity (Wildman–Crippen MR) is 104 cm³/mol. The molecule has 0 aliphatic carbocycles. The highest BCUT2D eigenvalue weighted by atomic mass is 19.1. The Kier molecular flexibility index (Phi) is 5.96. The van der Waals surface area contributed by atoms with Crippen molar-refractivity contribution in [2.45, 2.75) is 6.54 Å². The number of aromatic nitrogens is 1. The minimum atomic E-state index is -0.451. The molecule has 6 nitrogen and oxygen atoms in total. The minimum absolute atomic E-state index is 0.204. The monoisotopic (exact) mass is 379 g/mol. The van der Waals surface area contributed by atoms with Gasteiger partial charge in [-0.3, -0.25) is 9.78 Å². The van der Waals surface area contributed by atoms with Gasteiger partial charge in [-0.05, 0) is 42.5 Å². The molecule has 0 aliphatic heterocycles. The Balaban J connectivity index is 1.65.